The molecule has 1 aliphatic rings. The van der Waals surface area contributed by atoms with Crippen molar-refractivity contribution in [2.24, 2.45) is 0 Å². The van der Waals surface area contributed by atoms with Crippen LogP contribution in [0.4, 0.5) is 14.6 Å². The molecule has 4 atom stereocenters. The first kappa shape index (κ1) is 16.0. The van der Waals surface area contributed by atoms with Gasteiger partial charge in [0, 0.05) is 17.8 Å². The molecule has 120 valence electrons. The molecule has 1 aliphatic heterocycles. The summed E-state index contributed by atoms with van der Waals surface area (Å²) < 4.78 is 33.1. The monoisotopic (exact) mass is 317 g/mol. The number of hydrogen-bond donors (Lipinski definition) is 3. The molecule has 0 radical (unpaired) electrons. The van der Waals surface area contributed by atoms with Gasteiger partial charge in [0.25, 0.3) is 0 Å². The number of aliphatic hydroxyl groups is 1. The quantitative estimate of drug-likeness (QED) is 0.638. The molecule has 2 rings (SSSR count). The second-order valence-corrected chi connectivity index (χ2v) is 4.58. The minimum absolute atomic E-state index is 0.0284. The summed E-state index contributed by atoms with van der Waals surface area (Å²) in [5.41, 5.74) is 4.52. The first-order valence-electron chi connectivity index (χ1n) is 6.19. The number of nitrogens with zero attached hydrogens (tertiary/aromatic N) is 2. The highest BCUT2D eigenvalue weighted by atomic mass is 19.2. The molecule has 0 aliphatic carbocycles. The molecule has 0 saturated carbocycles. The number of carboxylic acid groups (broad SMARTS) is 1. The maximum Gasteiger partial charge on any atom is 0.351 e. The number of carboxylic acids is 1. The van der Waals surface area contributed by atoms with Gasteiger partial charge in [-0.1, -0.05) is 0 Å². The van der Waals surface area contributed by atoms with Gasteiger partial charge >= 0.3 is 11.7 Å². The maximum absolute atomic E-state index is 13.9. The van der Waals surface area contributed by atoms with Gasteiger partial charge < -0.3 is 20.7 Å². The van der Waals surface area contributed by atoms with Crippen molar-refractivity contribution in [3.63, 3.8) is 0 Å². The highest BCUT2D eigenvalue weighted by Gasteiger charge is 2.46. The summed E-state index contributed by atoms with van der Waals surface area (Å²) in [6, 6.07) is 0. The summed E-state index contributed by atoms with van der Waals surface area (Å²) in [4.78, 5) is 25.7. The maximum atomic E-state index is 13.9. The fourth-order valence-corrected chi connectivity index (χ4v) is 2.02. The third-order valence-electron chi connectivity index (χ3n) is 3.12. The van der Waals surface area contributed by atoms with Crippen LogP contribution in [0.15, 0.2) is 17.1 Å². The van der Waals surface area contributed by atoms with Crippen molar-refractivity contribution < 1.29 is 28.5 Å². The van der Waals surface area contributed by atoms with E-state index in [-0.39, 0.29) is 11.4 Å². The van der Waals surface area contributed by atoms with E-state index in [9.17, 15) is 18.4 Å². The third kappa shape index (κ3) is 2.97. The molecule has 0 aromatic carbocycles. The minimum Gasteiger partial charge on any atom is -0.478 e. The number of halogens is 2. The van der Waals surface area contributed by atoms with Crippen LogP contribution in [0.3, 0.4) is 0 Å². The molecule has 0 amide bonds. The number of nitrogens with two attached hydrogens (primary N) is 1. The highest BCUT2D eigenvalue weighted by Crippen LogP contribution is 2.33. The van der Waals surface area contributed by atoms with Crippen LogP contribution in [0.25, 0.3) is 6.08 Å². The molecule has 10 heteroatoms. The van der Waals surface area contributed by atoms with E-state index in [0.29, 0.717) is 4.57 Å². The molecular formula is C12H13F2N3O5. The first-order valence-corrected chi connectivity index (χ1v) is 6.19. The van der Waals surface area contributed by atoms with E-state index < -0.39 is 42.9 Å². The number of alkyl halides is 2. The molecule has 0 spiro atoms. The second kappa shape index (κ2) is 6.20. The predicted octanol–water partition coefficient (Wildman–Crippen LogP) is -0.511. The number of ether oxygens (including phenoxy) is 1. The van der Waals surface area contributed by atoms with Gasteiger partial charge in [-0.2, -0.15) is 4.98 Å². The van der Waals surface area contributed by atoms with Gasteiger partial charge in [-0.05, 0) is 6.08 Å². The second-order valence-electron chi connectivity index (χ2n) is 4.58. The van der Waals surface area contributed by atoms with Crippen LogP contribution in [0.1, 0.15) is 11.8 Å². The number of aliphatic carboxylic acids is 1. The summed E-state index contributed by atoms with van der Waals surface area (Å²) in [6.07, 6.45) is -4.48. The zero-order chi connectivity index (χ0) is 16.4. The van der Waals surface area contributed by atoms with E-state index in [1.807, 2.05) is 0 Å². The Labute approximate surface area is 122 Å². The van der Waals surface area contributed by atoms with Crippen LogP contribution in [-0.2, 0) is 9.53 Å². The molecule has 4 N–H and O–H groups in total. The Morgan fingerprint density at radius 1 is 1.50 bits per heavy atom. The Morgan fingerprint density at radius 3 is 2.73 bits per heavy atom. The zero-order valence-electron chi connectivity index (χ0n) is 11.1. The lowest BCUT2D eigenvalue weighted by Gasteiger charge is -2.16. The van der Waals surface area contributed by atoms with Crippen molar-refractivity contribution in [1.29, 1.82) is 0 Å². The lowest BCUT2D eigenvalue weighted by molar-refractivity contribution is -0.131. The average molecular weight is 317 g/mol. The Hall–Kier alpha value is -2.33. The smallest absolute Gasteiger partial charge is 0.351 e. The van der Waals surface area contributed by atoms with Crippen LogP contribution in [-0.4, -0.2) is 50.8 Å². The number of anilines is 1. The van der Waals surface area contributed by atoms with E-state index in [1.54, 1.807) is 0 Å². The number of nitrogen functional groups attached to an aromatic ring is 1. The lowest BCUT2D eigenvalue weighted by atomic mass is 10.2. The van der Waals surface area contributed by atoms with E-state index in [2.05, 4.69) is 4.98 Å². The third-order valence-corrected chi connectivity index (χ3v) is 3.12. The summed E-state index contributed by atoms with van der Waals surface area (Å²) in [6.45, 7) is -0.749. The Kier molecular flexibility index (Phi) is 4.52. The standard InChI is InChI=1S/C12H13F2N3O5/c13-8-6(4-18)22-11(9(8)14)17-3-5(1-2-7(19)20)10(15)16-12(17)21/h1-3,6,8-9,11,18H,4H2,(H,19,20)(H2,15,16,21)/b2-1+. The van der Waals surface area contributed by atoms with Crippen molar-refractivity contribution in [1.82, 2.24) is 9.55 Å². The van der Waals surface area contributed by atoms with Crippen LogP contribution in [0.5, 0.6) is 0 Å². The average Bonchev–Trinajstić information content (AvgIpc) is 2.74. The van der Waals surface area contributed by atoms with Crippen molar-refractivity contribution in [2.45, 2.75) is 24.7 Å². The Balaban J connectivity index is 2.41. The molecule has 22 heavy (non-hydrogen) atoms. The van der Waals surface area contributed by atoms with E-state index in [0.717, 1.165) is 18.3 Å². The molecule has 1 fully saturated rings. The molecule has 1 aromatic rings. The van der Waals surface area contributed by atoms with Gasteiger partial charge in [0.05, 0.1) is 6.61 Å². The molecule has 1 aromatic heterocycles. The van der Waals surface area contributed by atoms with Gasteiger partial charge in [-0.25, -0.2) is 18.4 Å². The Morgan fingerprint density at radius 2 is 2.18 bits per heavy atom. The van der Waals surface area contributed by atoms with Crippen molar-refractivity contribution >= 4 is 17.9 Å². The van der Waals surface area contributed by atoms with Crippen molar-refractivity contribution in [2.75, 3.05) is 12.3 Å². The SMILES string of the molecule is Nc1nc(=O)n(C2OC(CO)C(F)C2F)cc1/C=C/C(=O)O. The van der Waals surface area contributed by atoms with Gasteiger partial charge in [0.1, 0.15) is 11.9 Å². The van der Waals surface area contributed by atoms with Crippen LogP contribution in [0, 0.1) is 0 Å². The molecule has 4 unspecified atom stereocenters. The summed E-state index contributed by atoms with van der Waals surface area (Å²) >= 11 is 0. The van der Waals surface area contributed by atoms with Crippen molar-refractivity contribution in [3.8, 4) is 0 Å². The number of aromatic nitrogens is 2. The minimum atomic E-state index is -2.18. The normalized spacial score (nSPS) is 28.3. The van der Waals surface area contributed by atoms with E-state index >= 15 is 0 Å². The topological polar surface area (TPSA) is 128 Å². The Bertz CT molecular complexity index is 663. The van der Waals surface area contributed by atoms with Crippen molar-refractivity contribution in [3.05, 3.63) is 28.3 Å². The predicted molar refractivity (Wildman–Crippen MR) is 70.4 cm³/mol. The zero-order valence-corrected chi connectivity index (χ0v) is 11.1. The molecule has 0 bridgehead atoms. The first-order chi connectivity index (χ1) is 10.3. The van der Waals surface area contributed by atoms with Crippen LogP contribution < -0.4 is 11.4 Å². The molecule has 1 saturated heterocycles. The van der Waals surface area contributed by atoms with Crippen LogP contribution >= 0.6 is 0 Å². The van der Waals surface area contributed by atoms with Gasteiger partial charge in [0.2, 0.25) is 0 Å². The largest absolute Gasteiger partial charge is 0.478 e. The van der Waals surface area contributed by atoms with Crippen LogP contribution in [0.2, 0.25) is 0 Å². The summed E-state index contributed by atoms with van der Waals surface area (Å²) in [7, 11) is 0. The number of aliphatic hydroxyl groups excluding tert-OH is 1. The van der Waals surface area contributed by atoms with Gasteiger partial charge in [-0.15, -0.1) is 0 Å². The summed E-state index contributed by atoms with van der Waals surface area (Å²) in [5, 5.41) is 17.5. The van der Waals surface area contributed by atoms with E-state index in [4.69, 9.17) is 20.7 Å². The number of carbonyl (C=O) groups is 1. The fraction of sp³-hybridized carbons (Fsp3) is 0.417. The highest BCUT2D eigenvalue weighted by molar-refractivity contribution is 5.86. The lowest BCUT2D eigenvalue weighted by Crippen LogP contribution is -2.32. The summed E-state index contributed by atoms with van der Waals surface area (Å²) in [5.74, 6) is -1.52. The van der Waals surface area contributed by atoms with Gasteiger partial charge in [0.15, 0.2) is 18.6 Å². The number of rotatable bonds is 4. The van der Waals surface area contributed by atoms with Gasteiger partial charge in [-0.3, -0.25) is 4.57 Å². The molecular weight excluding hydrogens is 304 g/mol. The number of hydrogen-bond acceptors (Lipinski definition) is 6. The fourth-order valence-electron chi connectivity index (χ4n) is 2.02. The molecule has 2 heterocycles. The van der Waals surface area contributed by atoms with E-state index in [1.165, 1.54) is 0 Å². The molecule has 8 nitrogen and oxygen atoms in total.